The molecule has 1 aromatic rings. The second-order valence-electron chi connectivity index (χ2n) is 6.57. The summed E-state index contributed by atoms with van der Waals surface area (Å²) in [5.74, 6) is -0.0579. The number of amides is 2. The molecule has 0 bridgehead atoms. The fraction of sp³-hybridized carbons (Fsp3) is 0.471. The van der Waals surface area contributed by atoms with Crippen LogP contribution in [0.5, 0.6) is 0 Å². The van der Waals surface area contributed by atoms with Crippen LogP contribution in [-0.2, 0) is 16.0 Å². The molecule has 0 spiro atoms. The highest BCUT2D eigenvalue weighted by atomic mass is 16.2. The summed E-state index contributed by atoms with van der Waals surface area (Å²) in [6.45, 7) is 6.51. The Bertz CT molecular complexity index is 602. The molecule has 0 aromatic heterocycles. The first-order chi connectivity index (χ1) is 10.3. The minimum atomic E-state index is -0.449. The van der Waals surface area contributed by atoms with Crippen molar-refractivity contribution in [2.45, 2.75) is 33.6 Å². The molecule has 0 aliphatic carbocycles. The smallest absolute Gasteiger partial charge is 0.225 e. The van der Waals surface area contributed by atoms with Gasteiger partial charge in [-0.05, 0) is 30.2 Å². The van der Waals surface area contributed by atoms with E-state index in [2.05, 4.69) is 5.32 Å². The molecule has 1 N–H and O–H groups in total. The molecule has 22 heavy (non-hydrogen) atoms. The Labute approximate surface area is 130 Å². The van der Waals surface area contributed by atoms with Gasteiger partial charge in [0.1, 0.15) is 0 Å². The normalized spacial score (nSPS) is 13.7. The number of fused-ring (bicyclic) bond motifs is 1. The van der Waals surface area contributed by atoms with Gasteiger partial charge in [-0.25, -0.2) is 0 Å². The number of Topliss-reactive ketones (excluding diaryl/α,β-unsaturated/α-hetero) is 1. The van der Waals surface area contributed by atoms with Gasteiger partial charge in [0, 0.05) is 36.2 Å². The zero-order valence-corrected chi connectivity index (χ0v) is 13.3. The Morgan fingerprint density at radius 1 is 1.32 bits per heavy atom. The summed E-state index contributed by atoms with van der Waals surface area (Å²) in [6, 6.07) is 5.42. The van der Waals surface area contributed by atoms with Gasteiger partial charge >= 0.3 is 0 Å². The van der Waals surface area contributed by atoms with E-state index in [4.69, 9.17) is 0 Å². The molecule has 0 unspecified atom stereocenters. The summed E-state index contributed by atoms with van der Waals surface area (Å²) in [7, 11) is 0. The van der Waals surface area contributed by atoms with Crippen LogP contribution in [0.1, 0.15) is 43.1 Å². The molecule has 0 saturated heterocycles. The lowest BCUT2D eigenvalue weighted by molar-refractivity contribution is -0.128. The lowest BCUT2D eigenvalue weighted by Gasteiger charge is -2.17. The molecule has 2 rings (SSSR count). The van der Waals surface area contributed by atoms with Crippen molar-refractivity contribution in [3.8, 4) is 0 Å². The van der Waals surface area contributed by atoms with E-state index >= 15 is 0 Å². The number of ketones is 1. The predicted octanol–water partition coefficient (Wildman–Crippen LogP) is 1.94. The lowest BCUT2D eigenvalue weighted by Crippen LogP contribution is -2.35. The molecular formula is C17H22N2O3. The second-order valence-corrected chi connectivity index (χ2v) is 6.57. The molecule has 0 atom stereocenters. The summed E-state index contributed by atoms with van der Waals surface area (Å²) in [5.41, 5.74) is 2.09. The molecular weight excluding hydrogens is 280 g/mol. The van der Waals surface area contributed by atoms with Crippen molar-refractivity contribution < 1.29 is 14.4 Å². The molecule has 1 aliphatic heterocycles. The number of carbonyl (C=O) groups excluding carboxylic acids is 3. The number of rotatable bonds is 5. The number of anilines is 1. The van der Waals surface area contributed by atoms with Gasteiger partial charge in [0.2, 0.25) is 12.3 Å². The van der Waals surface area contributed by atoms with Crippen molar-refractivity contribution in [3.05, 3.63) is 29.3 Å². The minimum Gasteiger partial charge on any atom is -0.355 e. The minimum absolute atomic E-state index is 0.00145. The zero-order chi connectivity index (χ0) is 16.3. The highest BCUT2D eigenvalue weighted by Gasteiger charge is 2.22. The Hall–Kier alpha value is -2.17. The van der Waals surface area contributed by atoms with Crippen LogP contribution in [0.15, 0.2) is 18.2 Å². The first-order valence-corrected chi connectivity index (χ1v) is 7.49. The number of benzene rings is 1. The van der Waals surface area contributed by atoms with Crippen LogP contribution in [0.4, 0.5) is 5.69 Å². The number of nitrogens with one attached hydrogen (secondary N) is 1. The molecule has 5 nitrogen and oxygen atoms in total. The third kappa shape index (κ3) is 3.53. The largest absolute Gasteiger partial charge is 0.355 e. The van der Waals surface area contributed by atoms with Crippen LogP contribution >= 0.6 is 0 Å². The van der Waals surface area contributed by atoms with Gasteiger partial charge in [0.25, 0.3) is 0 Å². The SMILES string of the molecule is CC(C)(C)C(=O)NCCC(=O)c1ccc2c(c1)CCN2C=O. The number of hydrogen-bond donors (Lipinski definition) is 1. The maximum absolute atomic E-state index is 12.2. The maximum Gasteiger partial charge on any atom is 0.225 e. The average molecular weight is 302 g/mol. The molecule has 0 saturated carbocycles. The van der Waals surface area contributed by atoms with E-state index in [1.165, 1.54) is 0 Å². The van der Waals surface area contributed by atoms with Crippen molar-refractivity contribution in [1.29, 1.82) is 0 Å². The quantitative estimate of drug-likeness (QED) is 0.667. The number of carbonyl (C=O) groups is 3. The van der Waals surface area contributed by atoms with E-state index < -0.39 is 5.41 Å². The van der Waals surface area contributed by atoms with E-state index in [1.54, 1.807) is 11.0 Å². The van der Waals surface area contributed by atoms with Crippen molar-refractivity contribution >= 4 is 23.8 Å². The van der Waals surface area contributed by atoms with Gasteiger partial charge in [-0.1, -0.05) is 20.8 Å². The van der Waals surface area contributed by atoms with Crippen LogP contribution in [0.2, 0.25) is 0 Å². The third-order valence-electron chi connectivity index (χ3n) is 3.78. The lowest BCUT2D eigenvalue weighted by atomic mass is 9.95. The first kappa shape index (κ1) is 16.2. The summed E-state index contributed by atoms with van der Waals surface area (Å²) >= 11 is 0. The Balaban J connectivity index is 1.94. The number of hydrogen-bond acceptors (Lipinski definition) is 3. The summed E-state index contributed by atoms with van der Waals surface area (Å²) in [6.07, 6.45) is 1.86. The summed E-state index contributed by atoms with van der Waals surface area (Å²) < 4.78 is 0. The topological polar surface area (TPSA) is 66.5 Å². The maximum atomic E-state index is 12.2. The molecule has 0 fully saturated rings. The molecule has 0 radical (unpaired) electrons. The van der Waals surface area contributed by atoms with Crippen LogP contribution in [0.25, 0.3) is 0 Å². The highest BCUT2D eigenvalue weighted by Crippen LogP contribution is 2.27. The van der Waals surface area contributed by atoms with Gasteiger partial charge < -0.3 is 10.2 Å². The van der Waals surface area contributed by atoms with Gasteiger partial charge in [-0.3, -0.25) is 14.4 Å². The Kier molecular flexibility index (Phi) is 4.64. The van der Waals surface area contributed by atoms with Gasteiger partial charge in [0.05, 0.1) is 0 Å². The highest BCUT2D eigenvalue weighted by molar-refractivity contribution is 5.97. The standard InChI is InChI=1S/C17H22N2O3/c1-17(2,3)16(22)18-8-6-15(21)13-4-5-14-12(10-13)7-9-19(14)11-20/h4-5,10-11H,6-9H2,1-3H3,(H,18,22). The first-order valence-electron chi connectivity index (χ1n) is 7.49. The van der Waals surface area contributed by atoms with Crippen LogP contribution < -0.4 is 10.2 Å². The van der Waals surface area contributed by atoms with Crippen LogP contribution in [0.3, 0.4) is 0 Å². The monoisotopic (exact) mass is 302 g/mol. The van der Waals surface area contributed by atoms with Crippen LogP contribution in [0, 0.1) is 5.41 Å². The number of nitrogens with zero attached hydrogens (tertiary/aromatic N) is 1. The predicted molar refractivity (Wildman–Crippen MR) is 85.0 cm³/mol. The van der Waals surface area contributed by atoms with Crippen LogP contribution in [-0.4, -0.2) is 31.2 Å². The van der Waals surface area contributed by atoms with Gasteiger partial charge in [-0.2, -0.15) is 0 Å². The van der Waals surface area contributed by atoms with Gasteiger partial charge in [0.15, 0.2) is 5.78 Å². The van der Waals surface area contributed by atoms with E-state index in [1.807, 2.05) is 32.9 Å². The van der Waals surface area contributed by atoms with Crippen molar-refractivity contribution in [3.63, 3.8) is 0 Å². The fourth-order valence-corrected chi connectivity index (χ4v) is 2.41. The van der Waals surface area contributed by atoms with E-state index in [-0.39, 0.29) is 18.1 Å². The van der Waals surface area contributed by atoms with E-state index in [0.717, 1.165) is 24.1 Å². The Morgan fingerprint density at radius 2 is 2.05 bits per heavy atom. The molecule has 1 aliphatic rings. The van der Waals surface area contributed by atoms with Crippen molar-refractivity contribution in [1.82, 2.24) is 5.32 Å². The van der Waals surface area contributed by atoms with Gasteiger partial charge in [-0.15, -0.1) is 0 Å². The van der Waals surface area contributed by atoms with E-state index in [9.17, 15) is 14.4 Å². The van der Waals surface area contributed by atoms with E-state index in [0.29, 0.717) is 18.7 Å². The summed E-state index contributed by atoms with van der Waals surface area (Å²) in [5, 5.41) is 2.78. The third-order valence-corrected chi connectivity index (χ3v) is 3.78. The fourth-order valence-electron chi connectivity index (χ4n) is 2.41. The zero-order valence-electron chi connectivity index (χ0n) is 13.3. The Morgan fingerprint density at radius 3 is 2.68 bits per heavy atom. The molecule has 118 valence electrons. The average Bonchev–Trinajstić information content (AvgIpc) is 2.88. The molecule has 5 heteroatoms. The molecule has 1 heterocycles. The van der Waals surface area contributed by atoms with Crippen molar-refractivity contribution in [2.24, 2.45) is 5.41 Å². The molecule has 2 amide bonds. The molecule has 1 aromatic carbocycles. The van der Waals surface area contributed by atoms with Crippen molar-refractivity contribution in [2.75, 3.05) is 18.0 Å². The second kappa shape index (κ2) is 6.30. The summed E-state index contributed by atoms with van der Waals surface area (Å²) in [4.78, 5) is 36.5.